The molecule has 0 bridgehead atoms. The monoisotopic (exact) mass is 285 g/mol. The van der Waals surface area contributed by atoms with Gasteiger partial charge in [-0.3, -0.25) is 0 Å². The van der Waals surface area contributed by atoms with Gasteiger partial charge in [-0.15, -0.1) is 0 Å². The average molecular weight is 285 g/mol. The van der Waals surface area contributed by atoms with E-state index in [-0.39, 0.29) is 11.3 Å². The number of nitrogen functional groups attached to an aromatic ring is 1. The van der Waals surface area contributed by atoms with Crippen molar-refractivity contribution in [3.63, 3.8) is 0 Å². The number of hydrogen-bond donors (Lipinski definition) is 2. The van der Waals surface area contributed by atoms with Gasteiger partial charge in [0.2, 0.25) is 0 Å². The summed E-state index contributed by atoms with van der Waals surface area (Å²) in [7, 11) is 0. The third-order valence-electron chi connectivity index (χ3n) is 3.50. The smallest absolute Gasteiger partial charge is 0.189 e. The fourth-order valence-electron chi connectivity index (χ4n) is 2.54. The van der Waals surface area contributed by atoms with Crippen molar-refractivity contribution >= 4 is 27.7 Å². The zero-order valence-electron chi connectivity index (χ0n) is 10.7. The van der Waals surface area contributed by atoms with Crippen LogP contribution in [0.4, 0.5) is 14.5 Å². The number of hydrogen-bond acceptors (Lipinski definition) is 3. The molecular formula is C15H9F2N3O. The zero-order valence-corrected chi connectivity index (χ0v) is 10.7. The number of H-pyrrole nitrogens is 1. The summed E-state index contributed by atoms with van der Waals surface area (Å²) in [6, 6.07) is 4.54. The number of nitrogens with zero attached hydrogens (tertiary/aromatic N) is 1. The second kappa shape index (κ2) is 4.05. The summed E-state index contributed by atoms with van der Waals surface area (Å²) in [5, 5.41) is 1.18. The number of benzene rings is 1. The molecule has 0 fully saturated rings. The molecule has 0 unspecified atom stereocenters. The van der Waals surface area contributed by atoms with Crippen molar-refractivity contribution in [2.75, 3.05) is 5.73 Å². The van der Waals surface area contributed by atoms with Crippen LogP contribution in [0.3, 0.4) is 0 Å². The van der Waals surface area contributed by atoms with Crippen LogP contribution in [0.5, 0.6) is 0 Å². The van der Waals surface area contributed by atoms with E-state index >= 15 is 0 Å². The number of fused-ring (bicyclic) bond motifs is 2. The van der Waals surface area contributed by atoms with Gasteiger partial charge < -0.3 is 15.1 Å². The van der Waals surface area contributed by atoms with Crippen molar-refractivity contribution in [3.05, 3.63) is 48.5 Å². The SMILES string of the molecule is Nc1cc(-c2c[nH]c3ncc(F)cc23)c2ccoc2c1F. The number of nitrogens with two attached hydrogens (primary N) is 1. The van der Waals surface area contributed by atoms with Gasteiger partial charge in [-0.2, -0.15) is 0 Å². The lowest BCUT2D eigenvalue weighted by Crippen LogP contribution is -1.92. The summed E-state index contributed by atoms with van der Waals surface area (Å²) in [4.78, 5) is 6.94. The first-order chi connectivity index (χ1) is 10.1. The molecule has 0 saturated heterocycles. The molecule has 0 atom stereocenters. The van der Waals surface area contributed by atoms with E-state index in [1.165, 1.54) is 18.4 Å². The van der Waals surface area contributed by atoms with Crippen LogP contribution in [-0.2, 0) is 0 Å². The number of aromatic nitrogens is 2. The molecule has 0 aliphatic carbocycles. The van der Waals surface area contributed by atoms with Crippen LogP contribution in [0.1, 0.15) is 0 Å². The number of pyridine rings is 1. The minimum atomic E-state index is -0.595. The Labute approximate surface area is 117 Å². The van der Waals surface area contributed by atoms with Gasteiger partial charge in [0.05, 0.1) is 18.1 Å². The van der Waals surface area contributed by atoms with Crippen molar-refractivity contribution < 1.29 is 13.2 Å². The molecular weight excluding hydrogens is 276 g/mol. The van der Waals surface area contributed by atoms with E-state index in [4.69, 9.17) is 10.2 Å². The molecule has 6 heteroatoms. The van der Waals surface area contributed by atoms with E-state index in [1.54, 1.807) is 12.3 Å². The molecule has 3 heterocycles. The molecule has 3 N–H and O–H groups in total. The summed E-state index contributed by atoms with van der Waals surface area (Å²) < 4.78 is 32.5. The minimum absolute atomic E-state index is 0.0221. The fraction of sp³-hybridized carbons (Fsp3) is 0. The topological polar surface area (TPSA) is 67.8 Å². The van der Waals surface area contributed by atoms with Crippen molar-refractivity contribution in [3.8, 4) is 11.1 Å². The first-order valence-corrected chi connectivity index (χ1v) is 6.23. The molecule has 4 rings (SSSR count). The predicted molar refractivity (Wildman–Crippen MR) is 75.6 cm³/mol. The Morgan fingerprint density at radius 3 is 2.86 bits per heavy atom. The second-order valence-corrected chi connectivity index (χ2v) is 4.74. The fourth-order valence-corrected chi connectivity index (χ4v) is 2.54. The van der Waals surface area contributed by atoms with Crippen LogP contribution in [-0.4, -0.2) is 9.97 Å². The maximum Gasteiger partial charge on any atom is 0.189 e. The number of aromatic amines is 1. The molecule has 3 aromatic heterocycles. The average Bonchev–Trinajstić information content (AvgIpc) is 3.09. The van der Waals surface area contributed by atoms with Gasteiger partial charge in [0.15, 0.2) is 11.4 Å². The number of rotatable bonds is 1. The Balaban J connectivity index is 2.11. The van der Waals surface area contributed by atoms with E-state index in [1.807, 2.05) is 0 Å². The molecule has 0 amide bonds. The maximum absolute atomic E-state index is 13.9. The molecule has 4 aromatic rings. The number of anilines is 1. The summed E-state index contributed by atoms with van der Waals surface area (Å²) >= 11 is 0. The molecule has 4 nitrogen and oxygen atoms in total. The van der Waals surface area contributed by atoms with Gasteiger partial charge in [0, 0.05) is 22.5 Å². The number of nitrogens with one attached hydrogen (secondary N) is 1. The molecule has 21 heavy (non-hydrogen) atoms. The van der Waals surface area contributed by atoms with Gasteiger partial charge in [-0.05, 0) is 23.8 Å². The maximum atomic E-state index is 13.9. The highest BCUT2D eigenvalue weighted by Crippen LogP contribution is 2.37. The Bertz CT molecular complexity index is 987. The van der Waals surface area contributed by atoms with Crippen molar-refractivity contribution in [2.45, 2.75) is 0 Å². The Hall–Kier alpha value is -2.89. The zero-order chi connectivity index (χ0) is 14.6. The minimum Gasteiger partial charge on any atom is -0.461 e. The first kappa shape index (κ1) is 11.9. The lowest BCUT2D eigenvalue weighted by Gasteiger charge is -2.05. The lowest BCUT2D eigenvalue weighted by atomic mass is 10.0. The summed E-state index contributed by atoms with van der Waals surface area (Å²) in [5.41, 5.74) is 7.66. The Morgan fingerprint density at radius 1 is 1.14 bits per heavy atom. The highest BCUT2D eigenvalue weighted by Gasteiger charge is 2.17. The normalized spacial score (nSPS) is 11.5. The van der Waals surface area contributed by atoms with Crippen LogP contribution >= 0.6 is 0 Å². The summed E-state index contributed by atoms with van der Waals surface area (Å²) in [6.45, 7) is 0. The summed E-state index contributed by atoms with van der Waals surface area (Å²) in [6.07, 6.45) is 4.22. The van der Waals surface area contributed by atoms with Crippen molar-refractivity contribution in [1.82, 2.24) is 9.97 Å². The third-order valence-corrected chi connectivity index (χ3v) is 3.50. The van der Waals surface area contributed by atoms with Crippen LogP contribution < -0.4 is 5.73 Å². The van der Waals surface area contributed by atoms with Gasteiger partial charge >= 0.3 is 0 Å². The van der Waals surface area contributed by atoms with E-state index in [9.17, 15) is 8.78 Å². The molecule has 104 valence electrons. The standard InChI is InChI=1S/C15H9F2N3O/c16-7-3-10-11(6-20-15(10)19-5-7)9-4-12(18)13(17)14-8(9)1-2-21-14/h1-6H,18H2,(H,19,20). The predicted octanol–water partition coefficient (Wildman–Crippen LogP) is 3.84. The third kappa shape index (κ3) is 1.62. The van der Waals surface area contributed by atoms with E-state index in [2.05, 4.69) is 9.97 Å². The van der Waals surface area contributed by atoms with Crippen LogP contribution in [0.25, 0.3) is 33.1 Å². The van der Waals surface area contributed by atoms with Gasteiger partial charge in [0.1, 0.15) is 11.5 Å². The Kier molecular flexibility index (Phi) is 2.29. The highest BCUT2D eigenvalue weighted by atomic mass is 19.1. The molecule has 0 aliphatic rings. The molecule has 0 saturated carbocycles. The van der Waals surface area contributed by atoms with Crippen molar-refractivity contribution in [1.29, 1.82) is 0 Å². The van der Waals surface area contributed by atoms with Gasteiger partial charge in [-0.1, -0.05) is 0 Å². The summed E-state index contributed by atoms with van der Waals surface area (Å²) in [5.74, 6) is -1.04. The quantitative estimate of drug-likeness (QED) is 0.522. The molecule has 0 aliphatic heterocycles. The lowest BCUT2D eigenvalue weighted by molar-refractivity contribution is 0.563. The first-order valence-electron chi connectivity index (χ1n) is 6.23. The molecule has 1 aromatic carbocycles. The van der Waals surface area contributed by atoms with Gasteiger partial charge in [0.25, 0.3) is 0 Å². The second-order valence-electron chi connectivity index (χ2n) is 4.74. The van der Waals surface area contributed by atoms with Crippen LogP contribution in [0, 0.1) is 11.6 Å². The van der Waals surface area contributed by atoms with E-state index < -0.39 is 11.6 Å². The van der Waals surface area contributed by atoms with Crippen LogP contribution in [0.2, 0.25) is 0 Å². The van der Waals surface area contributed by atoms with E-state index in [0.29, 0.717) is 27.5 Å². The largest absolute Gasteiger partial charge is 0.461 e. The number of halogens is 2. The van der Waals surface area contributed by atoms with Crippen LogP contribution in [0.15, 0.2) is 41.3 Å². The van der Waals surface area contributed by atoms with Gasteiger partial charge in [-0.25, -0.2) is 13.8 Å². The Morgan fingerprint density at radius 2 is 2.00 bits per heavy atom. The molecule has 0 spiro atoms. The van der Waals surface area contributed by atoms with E-state index in [0.717, 1.165) is 6.20 Å². The molecule has 0 radical (unpaired) electrons. The van der Waals surface area contributed by atoms with Crippen molar-refractivity contribution in [2.24, 2.45) is 0 Å². The number of furan rings is 1. The highest BCUT2D eigenvalue weighted by molar-refractivity contribution is 6.04.